The normalized spacial score (nSPS) is 11.0. The summed E-state index contributed by atoms with van der Waals surface area (Å²) >= 11 is 0. The summed E-state index contributed by atoms with van der Waals surface area (Å²) in [7, 11) is 0. The van der Waals surface area contributed by atoms with Gasteiger partial charge in [0.2, 0.25) is 0 Å². The SMILES string of the molecule is c1ccc(-c2ccc(-c3cc(-c4cccc(-c5ccc(-c6nc(-c7ccccc7)nc(-c7ccc(-c8ccccc8)cc7)n6)cc5)c4)nc(-c4ccccc4)n3)cc2)cc1. The van der Waals surface area contributed by atoms with E-state index in [-0.39, 0.29) is 0 Å². The Morgan fingerprint density at radius 1 is 0.167 bits per heavy atom. The van der Waals surface area contributed by atoms with E-state index in [9.17, 15) is 0 Å². The quantitative estimate of drug-likeness (QED) is 0.146. The van der Waals surface area contributed by atoms with E-state index in [4.69, 9.17) is 24.9 Å². The van der Waals surface area contributed by atoms with E-state index >= 15 is 0 Å². The number of hydrogen-bond donors (Lipinski definition) is 0. The number of hydrogen-bond acceptors (Lipinski definition) is 5. The number of benzene rings is 8. The van der Waals surface area contributed by atoms with Crippen LogP contribution in [0.15, 0.2) is 224 Å². The van der Waals surface area contributed by atoms with Crippen LogP contribution < -0.4 is 0 Å². The van der Waals surface area contributed by atoms with Crippen LogP contribution in [0.2, 0.25) is 0 Å². The fourth-order valence-electron chi connectivity index (χ4n) is 7.39. The number of rotatable bonds is 9. The van der Waals surface area contributed by atoms with Gasteiger partial charge in [-0.05, 0) is 45.5 Å². The minimum atomic E-state index is 0.616. The van der Waals surface area contributed by atoms with E-state index < -0.39 is 0 Å². The Hall–Kier alpha value is -8.15. The van der Waals surface area contributed by atoms with Gasteiger partial charge in [-0.25, -0.2) is 24.9 Å². The standard InChI is InChI=1S/C55H37N5/c1-5-14-38(15-6-1)40-24-30-43(31-25-40)50-37-51(57-52(56-50)44-18-9-3-10-19-44)49-23-13-22-48(36-49)42-28-34-47(35-29-42)55-59-53(45-20-11-4-12-21-45)58-54(60-55)46-32-26-41(27-33-46)39-16-7-2-8-17-39/h1-37H. The lowest BCUT2D eigenvalue weighted by molar-refractivity contribution is 1.07. The second-order valence-corrected chi connectivity index (χ2v) is 14.5. The van der Waals surface area contributed by atoms with Crippen molar-refractivity contribution < 1.29 is 0 Å². The van der Waals surface area contributed by atoms with E-state index in [0.717, 1.165) is 67.0 Å². The Morgan fingerprint density at radius 2 is 0.433 bits per heavy atom. The fraction of sp³-hybridized carbons (Fsp3) is 0. The summed E-state index contributed by atoms with van der Waals surface area (Å²) in [5.41, 5.74) is 14.3. The highest BCUT2D eigenvalue weighted by Gasteiger charge is 2.15. The second-order valence-electron chi connectivity index (χ2n) is 14.5. The third-order valence-electron chi connectivity index (χ3n) is 10.6. The summed E-state index contributed by atoms with van der Waals surface area (Å²) in [4.78, 5) is 25.1. The Balaban J connectivity index is 0.979. The molecule has 0 aliphatic heterocycles. The maximum absolute atomic E-state index is 5.11. The molecule has 0 radical (unpaired) electrons. The molecule has 5 nitrogen and oxygen atoms in total. The lowest BCUT2D eigenvalue weighted by atomic mass is 9.99. The fourth-order valence-corrected chi connectivity index (χ4v) is 7.39. The van der Waals surface area contributed by atoms with Crippen LogP contribution in [-0.2, 0) is 0 Å². The summed E-state index contributed by atoms with van der Waals surface area (Å²) in [6.07, 6.45) is 0. The van der Waals surface area contributed by atoms with E-state index in [1.807, 2.05) is 60.7 Å². The maximum atomic E-state index is 5.11. The zero-order valence-electron chi connectivity index (χ0n) is 32.6. The van der Waals surface area contributed by atoms with Crippen LogP contribution in [-0.4, -0.2) is 24.9 Å². The zero-order chi connectivity index (χ0) is 40.1. The van der Waals surface area contributed by atoms with Crippen LogP contribution >= 0.6 is 0 Å². The third kappa shape index (κ3) is 7.76. The van der Waals surface area contributed by atoms with Crippen molar-refractivity contribution in [1.29, 1.82) is 0 Å². The largest absolute Gasteiger partial charge is 0.228 e. The van der Waals surface area contributed by atoms with Gasteiger partial charge in [0.1, 0.15) is 0 Å². The molecule has 2 heterocycles. The highest BCUT2D eigenvalue weighted by atomic mass is 15.0. The second kappa shape index (κ2) is 16.4. The first-order valence-electron chi connectivity index (χ1n) is 20.0. The Kier molecular flexibility index (Phi) is 9.88. The molecule has 0 aliphatic carbocycles. The molecule has 0 bridgehead atoms. The molecule has 8 aromatic carbocycles. The van der Waals surface area contributed by atoms with Gasteiger partial charge in [-0.15, -0.1) is 0 Å². The molecule has 0 aliphatic rings. The molecule has 0 fully saturated rings. The molecule has 0 saturated heterocycles. The van der Waals surface area contributed by atoms with Gasteiger partial charge in [-0.3, -0.25) is 0 Å². The van der Waals surface area contributed by atoms with E-state index in [0.29, 0.717) is 23.3 Å². The molecule has 0 N–H and O–H groups in total. The topological polar surface area (TPSA) is 64.5 Å². The lowest BCUT2D eigenvalue weighted by Crippen LogP contribution is -2.00. The molecule has 282 valence electrons. The van der Waals surface area contributed by atoms with Crippen molar-refractivity contribution in [2.45, 2.75) is 0 Å². The summed E-state index contributed by atoms with van der Waals surface area (Å²) in [5.74, 6) is 2.56. The molecule has 0 spiro atoms. The van der Waals surface area contributed by atoms with Crippen LogP contribution in [0.4, 0.5) is 0 Å². The first-order valence-corrected chi connectivity index (χ1v) is 20.0. The van der Waals surface area contributed by atoms with Gasteiger partial charge in [0.25, 0.3) is 0 Å². The molecule has 0 unspecified atom stereocenters. The van der Waals surface area contributed by atoms with Crippen LogP contribution in [0, 0.1) is 0 Å². The minimum absolute atomic E-state index is 0.616. The Morgan fingerprint density at radius 3 is 0.867 bits per heavy atom. The van der Waals surface area contributed by atoms with Crippen molar-refractivity contribution in [3.63, 3.8) is 0 Å². The first kappa shape index (κ1) is 36.2. The van der Waals surface area contributed by atoms with Crippen molar-refractivity contribution in [2.24, 2.45) is 0 Å². The first-order chi connectivity index (χ1) is 29.7. The van der Waals surface area contributed by atoms with Gasteiger partial charge in [0.05, 0.1) is 11.4 Å². The zero-order valence-corrected chi connectivity index (χ0v) is 32.6. The van der Waals surface area contributed by atoms with E-state index in [1.165, 1.54) is 11.1 Å². The molecule has 5 heteroatoms. The molecule has 2 aromatic heterocycles. The van der Waals surface area contributed by atoms with Crippen molar-refractivity contribution in [3.8, 4) is 101 Å². The summed E-state index contributed by atoms with van der Waals surface area (Å²) in [6, 6.07) is 77.1. The van der Waals surface area contributed by atoms with Crippen molar-refractivity contribution in [3.05, 3.63) is 224 Å². The average molecular weight is 768 g/mol. The summed E-state index contributed by atoms with van der Waals surface area (Å²) in [5, 5.41) is 0. The minimum Gasteiger partial charge on any atom is -0.228 e. The molecular weight excluding hydrogens is 731 g/mol. The van der Waals surface area contributed by atoms with Crippen molar-refractivity contribution in [1.82, 2.24) is 24.9 Å². The van der Waals surface area contributed by atoms with Gasteiger partial charge in [0, 0.05) is 33.4 Å². The summed E-state index contributed by atoms with van der Waals surface area (Å²) in [6.45, 7) is 0. The van der Waals surface area contributed by atoms with Crippen LogP contribution in [0.5, 0.6) is 0 Å². The summed E-state index contributed by atoms with van der Waals surface area (Å²) < 4.78 is 0. The molecule has 10 rings (SSSR count). The van der Waals surface area contributed by atoms with Crippen LogP contribution in [0.25, 0.3) is 101 Å². The van der Waals surface area contributed by atoms with E-state index in [1.54, 1.807) is 0 Å². The predicted octanol–water partition coefficient (Wildman–Crippen LogP) is 13.7. The number of nitrogens with zero attached hydrogens (tertiary/aromatic N) is 5. The van der Waals surface area contributed by atoms with Crippen molar-refractivity contribution >= 4 is 0 Å². The van der Waals surface area contributed by atoms with Crippen molar-refractivity contribution in [2.75, 3.05) is 0 Å². The predicted molar refractivity (Wildman–Crippen MR) is 244 cm³/mol. The smallest absolute Gasteiger partial charge is 0.164 e. The monoisotopic (exact) mass is 767 g/mol. The highest BCUT2D eigenvalue weighted by Crippen LogP contribution is 2.33. The van der Waals surface area contributed by atoms with Gasteiger partial charge in [-0.1, -0.05) is 212 Å². The maximum Gasteiger partial charge on any atom is 0.164 e. The number of aromatic nitrogens is 5. The molecule has 60 heavy (non-hydrogen) atoms. The molecular formula is C55H37N5. The van der Waals surface area contributed by atoms with Gasteiger partial charge in [-0.2, -0.15) is 0 Å². The Bertz CT molecular complexity index is 3030. The highest BCUT2D eigenvalue weighted by molar-refractivity contribution is 5.78. The van der Waals surface area contributed by atoms with Gasteiger partial charge >= 0.3 is 0 Å². The molecule has 10 aromatic rings. The van der Waals surface area contributed by atoms with Gasteiger partial charge in [0.15, 0.2) is 23.3 Å². The average Bonchev–Trinajstić information content (AvgIpc) is 3.35. The van der Waals surface area contributed by atoms with Gasteiger partial charge < -0.3 is 0 Å². The molecule has 0 saturated carbocycles. The van der Waals surface area contributed by atoms with Crippen LogP contribution in [0.1, 0.15) is 0 Å². The van der Waals surface area contributed by atoms with E-state index in [2.05, 4.69) is 164 Å². The lowest BCUT2D eigenvalue weighted by Gasteiger charge is -2.12. The molecule has 0 atom stereocenters. The Labute approximate surface area is 349 Å². The van der Waals surface area contributed by atoms with Crippen LogP contribution in [0.3, 0.4) is 0 Å². The molecule has 0 amide bonds. The third-order valence-corrected chi connectivity index (χ3v) is 10.6.